The second-order valence-corrected chi connectivity index (χ2v) is 8.56. The molecular weight excluding hydrogens is 469 g/mol. The van der Waals surface area contributed by atoms with Crippen LogP contribution < -0.4 is 11.1 Å². The first-order valence-corrected chi connectivity index (χ1v) is 11.1. The maximum absolute atomic E-state index is 12.8. The van der Waals surface area contributed by atoms with E-state index in [2.05, 4.69) is 15.3 Å². The maximum atomic E-state index is 12.8. The van der Waals surface area contributed by atoms with Crippen molar-refractivity contribution < 1.29 is 4.79 Å². The van der Waals surface area contributed by atoms with E-state index in [9.17, 15) is 4.79 Å². The number of nitrogens with zero attached hydrogens (tertiary/aromatic N) is 3. The number of hydrogen-bond donors (Lipinski definition) is 2. The van der Waals surface area contributed by atoms with E-state index in [4.69, 9.17) is 40.5 Å². The second kappa shape index (κ2) is 9.46. The Kier molecular flexibility index (Phi) is 6.67. The van der Waals surface area contributed by atoms with Gasteiger partial charge in [0.25, 0.3) is 5.91 Å². The summed E-state index contributed by atoms with van der Waals surface area (Å²) in [5, 5.41) is 4.58. The van der Waals surface area contributed by atoms with Crippen molar-refractivity contribution in [1.82, 2.24) is 19.7 Å². The van der Waals surface area contributed by atoms with Crippen LogP contribution in [0, 0.1) is 6.92 Å². The van der Waals surface area contributed by atoms with Crippen molar-refractivity contribution >= 4 is 46.5 Å². The molecule has 164 valence electrons. The van der Waals surface area contributed by atoms with Crippen LogP contribution in [0.3, 0.4) is 0 Å². The Bertz CT molecular complexity index is 1300. The van der Waals surface area contributed by atoms with Gasteiger partial charge in [0.1, 0.15) is 5.69 Å². The molecular formula is C23H20Cl3N5O. The van der Waals surface area contributed by atoms with Crippen LogP contribution in [0.1, 0.15) is 27.3 Å². The zero-order valence-electron chi connectivity index (χ0n) is 17.2. The highest BCUT2D eigenvalue weighted by atomic mass is 35.5. The quantitative estimate of drug-likeness (QED) is 0.395. The molecule has 0 atom stereocenters. The average Bonchev–Trinajstić information content (AvgIpc) is 3.18. The first kappa shape index (κ1) is 22.6. The molecule has 2 heterocycles. The Balaban J connectivity index is 1.65. The summed E-state index contributed by atoms with van der Waals surface area (Å²) in [6, 6.07) is 12.8. The van der Waals surface area contributed by atoms with Gasteiger partial charge in [0.15, 0.2) is 0 Å². The molecule has 4 aromatic rings. The molecule has 0 unspecified atom stereocenters. The second-order valence-electron chi connectivity index (χ2n) is 7.28. The molecule has 0 bridgehead atoms. The van der Waals surface area contributed by atoms with Crippen molar-refractivity contribution in [1.29, 1.82) is 0 Å². The number of nitrogens with one attached hydrogen (secondary N) is 1. The van der Waals surface area contributed by atoms with Gasteiger partial charge in [-0.25, -0.2) is 9.97 Å². The van der Waals surface area contributed by atoms with E-state index in [1.54, 1.807) is 22.7 Å². The van der Waals surface area contributed by atoms with Crippen molar-refractivity contribution in [2.45, 2.75) is 19.9 Å². The zero-order valence-corrected chi connectivity index (χ0v) is 19.5. The number of carbonyl (C=O) groups is 1. The number of benzene rings is 2. The van der Waals surface area contributed by atoms with Crippen LogP contribution in [0.5, 0.6) is 0 Å². The fourth-order valence-corrected chi connectivity index (χ4v) is 4.16. The lowest BCUT2D eigenvalue weighted by Gasteiger charge is -2.14. The monoisotopic (exact) mass is 487 g/mol. The minimum Gasteiger partial charge on any atom is -0.350 e. The molecule has 3 N–H and O–H groups in total. The standard InChI is InChI=1S/C23H20Cl3N5O/c1-13-18(11-27)21(17-7-6-16(25)10-19(17)26)31-12-20(30-23(31)29-13)22(32)28-9-8-14-2-4-15(24)5-3-14/h2-7,10,12H,8-9,11,27H2,1H3,(H,28,32). The van der Waals surface area contributed by atoms with Gasteiger partial charge in [-0.2, -0.15) is 0 Å². The summed E-state index contributed by atoms with van der Waals surface area (Å²) in [4.78, 5) is 21.7. The number of fused-ring (bicyclic) bond motifs is 1. The fourth-order valence-electron chi connectivity index (χ4n) is 3.54. The lowest BCUT2D eigenvalue weighted by molar-refractivity contribution is 0.0949. The number of nitrogens with two attached hydrogens (primary N) is 1. The molecule has 0 radical (unpaired) electrons. The van der Waals surface area contributed by atoms with Crippen LogP contribution in [0.15, 0.2) is 48.7 Å². The molecule has 0 fully saturated rings. The van der Waals surface area contributed by atoms with Crippen molar-refractivity contribution in [2.75, 3.05) is 6.54 Å². The van der Waals surface area contributed by atoms with Crippen molar-refractivity contribution in [3.63, 3.8) is 0 Å². The molecule has 0 spiro atoms. The SMILES string of the molecule is Cc1nc2nc(C(=O)NCCc3ccc(Cl)cc3)cn2c(-c2ccc(Cl)cc2Cl)c1CN. The van der Waals surface area contributed by atoms with Crippen LogP contribution in [-0.2, 0) is 13.0 Å². The first-order chi connectivity index (χ1) is 15.4. The number of amides is 1. The molecule has 32 heavy (non-hydrogen) atoms. The van der Waals surface area contributed by atoms with Gasteiger partial charge >= 0.3 is 0 Å². The van der Waals surface area contributed by atoms with E-state index in [0.29, 0.717) is 33.8 Å². The van der Waals surface area contributed by atoms with Crippen LogP contribution in [0.4, 0.5) is 0 Å². The highest BCUT2D eigenvalue weighted by molar-refractivity contribution is 6.36. The van der Waals surface area contributed by atoms with Gasteiger partial charge < -0.3 is 11.1 Å². The Morgan fingerprint density at radius 3 is 2.47 bits per heavy atom. The number of rotatable bonds is 6. The highest BCUT2D eigenvalue weighted by Crippen LogP contribution is 2.34. The van der Waals surface area contributed by atoms with Crippen LogP contribution >= 0.6 is 34.8 Å². The first-order valence-electron chi connectivity index (χ1n) is 9.94. The smallest absolute Gasteiger partial charge is 0.271 e. The summed E-state index contributed by atoms with van der Waals surface area (Å²) in [6.45, 7) is 2.57. The topological polar surface area (TPSA) is 85.3 Å². The lowest BCUT2D eigenvalue weighted by atomic mass is 10.0. The molecule has 0 aliphatic carbocycles. The number of imidazole rings is 1. The zero-order chi connectivity index (χ0) is 22.8. The third-order valence-corrected chi connectivity index (χ3v) is 5.95. The summed E-state index contributed by atoms with van der Waals surface area (Å²) < 4.78 is 1.75. The third-order valence-electron chi connectivity index (χ3n) is 5.15. The van der Waals surface area contributed by atoms with Gasteiger partial charge in [-0.05, 0) is 49.2 Å². The van der Waals surface area contributed by atoms with Gasteiger partial charge in [0, 0.05) is 46.2 Å². The van der Waals surface area contributed by atoms with Gasteiger partial charge in [-0.3, -0.25) is 9.20 Å². The third kappa shape index (κ3) is 4.59. The Hall–Kier alpha value is -2.64. The molecule has 0 saturated carbocycles. The number of carbonyl (C=O) groups excluding carboxylic acids is 1. The van der Waals surface area contributed by atoms with E-state index >= 15 is 0 Å². The Morgan fingerprint density at radius 2 is 1.78 bits per heavy atom. The maximum Gasteiger partial charge on any atom is 0.271 e. The van der Waals surface area contributed by atoms with Gasteiger partial charge in [0.2, 0.25) is 5.78 Å². The number of hydrogen-bond acceptors (Lipinski definition) is 4. The predicted molar refractivity (Wildman–Crippen MR) is 129 cm³/mol. The van der Waals surface area contributed by atoms with E-state index in [0.717, 1.165) is 28.1 Å². The number of aryl methyl sites for hydroxylation is 1. The molecule has 1 amide bonds. The highest BCUT2D eigenvalue weighted by Gasteiger charge is 2.20. The van der Waals surface area contributed by atoms with Crippen LogP contribution in [0.2, 0.25) is 15.1 Å². The minimum absolute atomic E-state index is 0.254. The summed E-state index contributed by atoms with van der Waals surface area (Å²) in [5.41, 5.74) is 10.4. The summed E-state index contributed by atoms with van der Waals surface area (Å²) in [6.07, 6.45) is 2.33. The molecule has 2 aromatic heterocycles. The molecule has 0 aliphatic heterocycles. The van der Waals surface area contributed by atoms with Gasteiger partial charge in [-0.1, -0.05) is 46.9 Å². The largest absolute Gasteiger partial charge is 0.350 e. The minimum atomic E-state index is -0.287. The van der Waals surface area contributed by atoms with E-state index in [1.807, 2.05) is 37.3 Å². The average molecular weight is 489 g/mol. The van der Waals surface area contributed by atoms with Crippen molar-refractivity contribution in [3.8, 4) is 11.3 Å². The van der Waals surface area contributed by atoms with Crippen LogP contribution in [0.25, 0.3) is 17.0 Å². The molecule has 0 saturated heterocycles. The molecule has 6 nitrogen and oxygen atoms in total. The normalized spacial score (nSPS) is 11.2. The van der Waals surface area contributed by atoms with Crippen molar-refractivity contribution in [3.05, 3.63) is 86.2 Å². The Morgan fingerprint density at radius 1 is 1.06 bits per heavy atom. The van der Waals surface area contributed by atoms with Gasteiger partial charge in [-0.15, -0.1) is 0 Å². The Labute approximate surface area is 200 Å². The van der Waals surface area contributed by atoms with E-state index in [1.165, 1.54) is 0 Å². The van der Waals surface area contributed by atoms with Gasteiger partial charge in [0.05, 0.1) is 10.7 Å². The summed E-state index contributed by atoms with van der Waals surface area (Å²) >= 11 is 18.5. The number of halogens is 3. The molecule has 4 rings (SSSR count). The van der Waals surface area contributed by atoms with Crippen LogP contribution in [-0.4, -0.2) is 26.8 Å². The lowest BCUT2D eigenvalue weighted by Crippen LogP contribution is -2.25. The molecule has 0 aliphatic rings. The summed E-state index contributed by atoms with van der Waals surface area (Å²) in [5.74, 6) is 0.105. The molecule has 9 heteroatoms. The van der Waals surface area contributed by atoms with E-state index in [-0.39, 0.29) is 18.1 Å². The predicted octanol–water partition coefficient (Wildman–Crippen LogP) is 5.10. The molecule has 2 aromatic carbocycles. The van der Waals surface area contributed by atoms with E-state index < -0.39 is 0 Å². The number of aromatic nitrogens is 3. The van der Waals surface area contributed by atoms with Crippen molar-refractivity contribution in [2.24, 2.45) is 5.73 Å². The fraction of sp³-hybridized carbons (Fsp3) is 0.174. The summed E-state index contributed by atoms with van der Waals surface area (Å²) in [7, 11) is 0.